The average Bonchev–Trinajstić information content (AvgIpc) is 1.97. The molecule has 0 aliphatic rings. The van der Waals surface area contributed by atoms with Gasteiger partial charge in [0.15, 0.2) is 0 Å². The zero-order chi connectivity index (χ0) is 10.6. The van der Waals surface area contributed by atoms with Gasteiger partial charge in [0.2, 0.25) is 0 Å². The van der Waals surface area contributed by atoms with Crippen LogP contribution in [0.3, 0.4) is 0 Å². The summed E-state index contributed by atoms with van der Waals surface area (Å²) in [6.45, 7) is 13.3. The van der Waals surface area contributed by atoms with Crippen molar-refractivity contribution in [1.29, 1.82) is 0 Å². The zero-order valence-corrected chi connectivity index (χ0v) is 11.3. The van der Waals surface area contributed by atoms with Gasteiger partial charge in [-0.1, -0.05) is 41.5 Å². The normalized spacial score (nSPS) is 12.7. The Labute approximate surface area is 88.3 Å². The summed E-state index contributed by atoms with van der Waals surface area (Å²) >= 11 is 4.60. The van der Waals surface area contributed by atoms with E-state index in [0.29, 0.717) is 16.6 Å². The highest BCUT2D eigenvalue weighted by Gasteiger charge is 2.48. The van der Waals surface area contributed by atoms with Crippen molar-refractivity contribution in [2.45, 2.75) is 58.2 Å². The second-order valence-electron chi connectivity index (χ2n) is 4.48. The Hall–Kier alpha value is 0.0369. The lowest BCUT2D eigenvalue weighted by molar-refractivity contribution is 0.306. The lowest BCUT2D eigenvalue weighted by Gasteiger charge is -2.38. The molecule has 0 radical (unpaired) electrons. The van der Waals surface area contributed by atoms with Gasteiger partial charge in [0.25, 0.3) is 8.32 Å². The first-order valence-corrected chi connectivity index (χ1v) is 7.40. The molecule has 0 aliphatic heterocycles. The minimum Gasteiger partial charge on any atom is -0.444 e. The van der Waals surface area contributed by atoms with Crippen molar-refractivity contribution < 1.29 is 4.53 Å². The summed E-state index contributed by atoms with van der Waals surface area (Å²) in [6.07, 6.45) is 0. The molecule has 0 saturated heterocycles. The molecule has 78 valence electrons. The van der Waals surface area contributed by atoms with Crippen molar-refractivity contribution in [3.05, 3.63) is 0 Å². The van der Waals surface area contributed by atoms with Crippen molar-refractivity contribution in [2.24, 2.45) is 4.53 Å². The summed E-state index contributed by atoms with van der Waals surface area (Å²) in [6, 6.07) is 0. The predicted molar refractivity (Wildman–Crippen MR) is 61.9 cm³/mol. The van der Waals surface area contributed by atoms with Gasteiger partial charge in [-0.15, -0.1) is 0 Å². The van der Waals surface area contributed by atoms with Gasteiger partial charge in [-0.2, -0.15) is 0 Å². The molecule has 0 bridgehead atoms. The van der Waals surface area contributed by atoms with E-state index in [1.165, 1.54) is 0 Å². The molecule has 0 aliphatic carbocycles. The van der Waals surface area contributed by atoms with Crippen molar-refractivity contribution >= 4 is 20.7 Å². The van der Waals surface area contributed by atoms with Crippen LogP contribution in [0.4, 0.5) is 0 Å². The molecule has 0 amide bonds. The van der Waals surface area contributed by atoms with Crippen LogP contribution >= 0.6 is 0 Å². The molecule has 0 aromatic rings. The molecular weight excluding hydrogens is 198 g/mol. The van der Waals surface area contributed by atoms with Crippen LogP contribution in [0.5, 0.6) is 0 Å². The van der Waals surface area contributed by atoms with Gasteiger partial charge < -0.3 is 4.53 Å². The minimum atomic E-state index is -1.80. The highest BCUT2D eigenvalue weighted by Crippen LogP contribution is 2.42. The largest absolute Gasteiger partial charge is 0.444 e. The molecule has 13 heavy (non-hydrogen) atoms. The maximum Gasteiger partial charge on any atom is 0.296 e. The zero-order valence-electron chi connectivity index (χ0n) is 9.50. The lowest BCUT2D eigenvalue weighted by atomic mass is 10.5. The Kier molecular flexibility index (Phi) is 5.07. The average molecular weight is 219 g/mol. The van der Waals surface area contributed by atoms with E-state index >= 15 is 0 Å². The second kappa shape index (κ2) is 5.05. The maximum absolute atomic E-state index is 5.59. The summed E-state index contributed by atoms with van der Waals surface area (Å²) in [5, 5.41) is 0. The van der Waals surface area contributed by atoms with Crippen LogP contribution in [0.15, 0.2) is 4.53 Å². The number of nitrogens with zero attached hydrogens (tertiary/aromatic N) is 1. The van der Waals surface area contributed by atoms with Crippen LogP contribution < -0.4 is 0 Å². The van der Waals surface area contributed by atoms with Crippen molar-refractivity contribution in [2.75, 3.05) is 0 Å². The van der Waals surface area contributed by atoms with Crippen LogP contribution in [0.25, 0.3) is 0 Å². The molecule has 0 rings (SSSR count). The Balaban J connectivity index is 4.92. The van der Waals surface area contributed by atoms with Gasteiger partial charge in [0, 0.05) is 0 Å². The molecule has 0 saturated carbocycles. The quantitative estimate of drug-likeness (QED) is 0.518. The van der Waals surface area contributed by atoms with Gasteiger partial charge in [0.05, 0.1) is 12.4 Å². The first kappa shape index (κ1) is 13.0. The first-order chi connectivity index (χ1) is 5.89. The Morgan fingerprint density at radius 2 is 1.23 bits per heavy atom. The van der Waals surface area contributed by atoms with Gasteiger partial charge in [-0.3, -0.25) is 0 Å². The molecule has 0 aromatic heterocycles. The Bertz CT molecular complexity index is 149. The fourth-order valence-electron chi connectivity index (χ4n) is 2.38. The van der Waals surface area contributed by atoms with E-state index in [9.17, 15) is 0 Å². The number of rotatable bonds is 5. The molecule has 0 spiro atoms. The molecule has 0 heterocycles. The monoisotopic (exact) mass is 219 g/mol. The molecule has 0 atom stereocenters. The summed E-state index contributed by atoms with van der Waals surface area (Å²) in [5.74, 6) is 0. The lowest BCUT2D eigenvalue weighted by Crippen LogP contribution is -2.46. The van der Waals surface area contributed by atoms with Crippen molar-refractivity contribution in [3.63, 3.8) is 0 Å². The standard InChI is InChI=1S/C9H21NOSSi/c1-7(2)13(8(3)4,9(5)6)11-10-12/h7-9H,1-6H3. The van der Waals surface area contributed by atoms with Crippen LogP contribution in [0, 0.1) is 0 Å². The summed E-state index contributed by atoms with van der Waals surface area (Å²) in [4.78, 5) is 0. The third kappa shape index (κ3) is 2.50. The molecule has 0 aromatic carbocycles. The smallest absolute Gasteiger partial charge is 0.296 e. The van der Waals surface area contributed by atoms with Gasteiger partial charge in [0.1, 0.15) is 0 Å². The summed E-state index contributed by atoms with van der Waals surface area (Å²) in [7, 11) is -1.80. The third-order valence-electron chi connectivity index (χ3n) is 2.90. The molecule has 0 unspecified atom stereocenters. The van der Waals surface area contributed by atoms with Crippen LogP contribution in [-0.2, 0) is 17.0 Å². The van der Waals surface area contributed by atoms with E-state index in [-0.39, 0.29) is 0 Å². The summed E-state index contributed by atoms with van der Waals surface area (Å²) in [5.41, 5.74) is 1.66. The third-order valence-corrected chi connectivity index (χ3v) is 8.93. The van der Waals surface area contributed by atoms with E-state index in [0.717, 1.165) is 0 Å². The second-order valence-corrected chi connectivity index (χ2v) is 9.99. The highest BCUT2D eigenvalue weighted by atomic mass is 32.1. The Morgan fingerprint density at radius 1 is 0.923 bits per heavy atom. The van der Waals surface area contributed by atoms with Crippen molar-refractivity contribution in [3.8, 4) is 0 Å². The molecular formula is C9H21NOSSi. The van der Waals surface area contributed by atoms with E-state index in [2.05, 4.69) is 58.5 Å². The van der Waals surface area contributed by atoms with Gasteiger partial charge in [-0.25, -0.2) is 0 Å². The van der Waals surface area contributed by atoms with Gasteiger partial charge >= 0.3 is 0 Å². The van der Waals surface area contributed by atoms with E-state index in [4.69, 9.17) is 4.53 Å². The van der Waals surface area contributed by atoms with Crippen LogP contribution in [0.2, 0.25) is 16.6 Å². The van der Waals surface area contributed by atoms with E-state index < -0.39 is 8.32 Å². The van der Waals surface area contributed by atoms with E-state index in [1.807, 2.05) is 0 Å². The topological polar surface area (TPSA) is 21.6 Å². The van der Waals surface area contributed by atoms with Gasteiger partial charge in [-0.05, 0) is 21.1 Å². The van der Waals surface area contributed by atoms with Crippen molar-refractivity contribution in [1.82, 2.24) is 0 Å². The maximum atomic E-state index is 5.59. The molecule has 2 nitrogen and oxygen atoms in total. The van der Waals surface area contributed by atoms with E-state index in [1.54, 1.807) is 0 Å². The first-order valence-electron chi connectivity index (χ1n) is 4.90. The predicted octanol–water partition coefficient (Wildman–Crippen LogP) is 3.82. The highest BCUT2D eigenvalue weighted by molar-refractivity contribution is 7.47. The summed E-state index contributed by atoms with van der Waals surface area (Å²) < 4.78 is 9.11. The molecule has 0 fully saturated rings. The SMILES string of the molecule is CC(C)[Si](ON=S)(C(C)C)C(C)C. The fraction of sp³-hybridized carbons (Fsp3) is 1.00. The number of hydrogen-bond acceptors (Lipinski definition) is 3. The minimum absolute atomic E-state index is 0.555. The fourth-order valence-corrected chi connectivity index (χ4v) is 7.53. The molecule has 4 heteroatoms. The number of hydrogen-bond donors (Lipinski definition) is 0. The molecule has 0 N–H and O–H groups in total. The Morgan fingerprint density at radius 3 is 1.31 bits per heavy atom. The van der Waals surface area contributed by atoms with Crippen LogP contribution in [0.1, 0.15) is 41.5 Å². The van der Waals surface area contributed by atoms with Crippen LogP contribution in [-0.4, -0.2) is 8.32 Å².